The predicted molar refractivity (Wildman–Crippen MR) is 116 cm³/mol. The van der Waals surface area contributed by atoms with E-state index in [1.165, 1.54) is 12.8 Å². The third kappa shape index (κ3) is 5.91. The second kappa shape index (κ2) is 10.6. The molecule has 2 aromatic carbocycles. The van der Waals surface area contributed by atoms with E-state index in [0.717, 1.165) is 43.2 Å². The van der Waals surface area contributed by atoms with Crippen LogP contribution in [0.5, 0.6) is 11.5 Å². The van der Waals surface area contributed by atoms with Gasteiger partial charge in [0.25, 0.3) is 0 Å². The van der Waals surface area contributed by atoms with Crippen molar-refractivity contribution in [2.45, 2.75) is 26.0 Å². The van der Waals surface area contributed by atoms with Gasteiger partial charge in [0.05, 0.1) is 12.1 Å². The van der Waals surface area contributed by atoms with Crippen molar-refractivity contribution in [1.29, 1.82) is 0 Å². The lowest BCUT2D eigenvalue weighted by molar-refractivity contribution is 0.284. The molecule has 28 heavy (non-hydrogen) atoms. The first kappa shape index (κ1) is 21.5. The Bertz CT molecular complexity index is 795. The minimum Gasteiger partial charge on any atom is -0.493 e. The molecule has 3 rings (SSSR count). The van der Waals surface area contributed by atoms with Crippen LogP contribution in [0.2, 0.25) is 15.1 Å². The highest BCUT2D eigenvalue weighted by Gasteiger charge is 2.15. The highest BCUT2D eigenvalue weighted by molar-refractivity contribution is 6.35. The predicted octanol–water partition coefficient (Wildman–Crippen LogP) is 5.32. The summed E-state index contributed by atoms with van der Waals surface area (Å²) in [7, 11) is 1.61. The van der Waals surface area contributed by atoms with Crippen LogP contribution in [0, 0.1) is 5.92 Å². The van der Waals surface area contributed by atoms with Gasteiger partial charge in [0.1, 0.15) is 6.61 Å². The van der Waals surface area contributed by atoms with Crippen LogP contribution in [0.4, 0.5) is 0 Å². The van der Waals surface area contributed by atoms with Crippen LogP contribution in [0.3, 0.4) is 0 Å². The van der Waals surface area contributed by atoms with Crippen molar-refractivity contribution < 1.29 is 9.47 Å². The number of halogens is 3. The summed E-state index contributed by atoms with van der Waals surface area (Å²) in [5, 5.41) is 8.58. The Morgan fingerprint density at radius 2 is 1.86 bits per heavy atom. The molecular weight excluding hydrogens is 419 g/mol. The number of benzene rings is 2. The lowest BCUT2D eigenvalue weighted by Gasteiger charge is -2.23. The maximum absolute atomic E-state index is 6.48. The zero-order valence-corrected chi connectivity index (χ0v) is 18.1. The van der Waals surface area contributed by atoms with Gasteiger partial charge < -0.3 is 20.1 Å². The zero-order chi connectivity index (χ0) is 19.9. The lowest BCUT2D eigenvalue weighted by Crippen LogP contribution is -2.33. The SMILES string of the molecule is COc1cc(CNCC2CCNCC2)cc(Cl)c1OCc1ccc(Cl)cc1Cl. The van der Waals surface area contributed by atoms with E-state index in [1.807, 2.05) is 18.2 Å². The highest BCUT2D eigenvalue weighted by atomic mass is 35.5. The Morgan fingerprint density at radius 3 is 2.57 bits per heavy atom. The van der Waals surface area contributed by atoms with Gasteiger partial charge in [0.15, 0.2) is 11.5 Å². The van der Waals surface area contributed by atoms with Gasteiger partial charge in [-0.2, -0.15) is 0 Å². The molecule has 0 aliphatic carbocycles. The Hall–Kier alpha value is -1.17. The van der Waals surface area contributed by atoms with E-state index in [1.54, 1.807) is 19.2 Å². The lowest BCUT2D eigenvalue weighted by atomic mass is 9.98. The molecule has 0 unspecified atom stereocenters. The summed E-state index contributed by atoms with van der Waals surface area (Å²) in [4.78, 5) is 0. The Labute approximate surface area is 181 Å². The number of ether oxygens (including phenoxy) is 2. The quantitative estimate of drug-likeness (QED) is 0.579. The number of hydrogen-bond acceptors (Lipinski definition) is 4. The summed E-state index contributed by atoms with van der Waals surface area (Å²) in [5.41, 5.74) is 1.89. The maximum Gasteiger partial charge on any atom is 0.180 e. The first-order valence-corrected chi connectivity index (χ1v) is 10.5. The zero-order valence-electron chi connectivity index (χ0n) is 15.9. The van der Waals surface area contributed by atoms with Gasteiger partial charge in [0, 0.05) is 22.2 Å². The van der Waals surface area contributed by atoms with Crippen LogP contribution in [-0.4, -0.2) is 26.7 Å². The van der Waals surface area contributed by atoms with Crippen LogP contribution in [0.25, 0.3) is 0 Å². The first-order chi connectivity index (χ1) is 13.6. The summed E-state index contributed by atoms with van der Waals surface area (Å²) >= 11 is 18.6. The smallest absolute Gasteiger partial charge is 0.180 e. The average Bonchev–Trinajstić information content (AvgIpc) is 2.69. The molecular formula is C21H25Cl3N2O2. The average molecular weight is 444 g/mol. The number of hydrogen-bond donors (Lipinski definition) is 2. The molecule has 1 aliphatic heterocycles. The van der Waals surface area contributed by atoms with Crippen LogP contribution in [0.1, 0.15) is 24.0 Å². The monoisotopic (exact) mass is 442 g/mol. The van der Waals surface area contributed by atoms with Gasteiger partial charge in [-0.05, 0) is 68.2 Å². The summed E-state index contributed by atoms with van der Waals surface area (Å²) in [6.45, 7) is 4.24. The van der Waals surface area contributed by atoms with E-state index < -0.39 is 0 Å². The molecule has 2 N–H and O–H groups in total. The van der Waals surface area contributed by atoms with E-state index in [4.69, 9.17) is 44.3 Å². The van der Waals surface area contributed by atoms with Crippen LogP contribution < -0.4 is 20.1 Å². The van der Waals surface area contributed by atoms with Gasteiger partial charge in [-0.1, -0.05) is 40.9 Å². The molecule has 152 valence electrons. The van der Waals surface area contributed by atoms with Gasteiger partial charge >= 0.3 is 0 Å². The molecule has 1 aliphatic rings. The molecule has 7 heteroatoms. The normalized spacial score (nSPS) is 14.9. The van der Waals surface area contributed by atoms with E-state index in [-0.39, 0.29) is 6.61 Å². The summed E-state index contributed by atoms with van der Waals surface area (Å²) in [5.74, 6) is 1.85. The summed E-state index contributed by atoms with van der Waals surface area (Å²) in [6.07, 6.45) is 2.44. The number of methoxy groups -OCH3 is 1. The molecule has 1 saturated heterocycles. The Morgan fingerprint density at radius 1 is 1.07 bits per heavy atom. The van der Waals surface area contributed by atoms with Crippen molar-refractivity contribution in [3.8, 4) is 11.5 Å². The third-order valence-corrected chi connectivity index (χ3v) is 5.76. The summed E-state index contributed by atoms with van der Waals surface area (Å²) in [6, 6.07) is 9.18. The van der Waals surface area contributed by atoms with E-state index in [2.05, 4.69) is 10.6 Å². The molecule has 1 fully saturated rings. The van der Waals surface area contributed by atoms with Crippen molar-refractivity contribution in [3.63, 3.8) is 0 Å². The van der Waals surface area contributed by atoms with Crippen molar-refractivity contribution in [2.75, 3.05) is 26.7 Å². The molecule has 0 bridgehead atoms. The van der Waals surface area contributed by atoms with Crippen molar-refractivity contribution in [1.82, 2.24) is 10.6 Å². The van der Waals surface area contributed by atoms with Crippen LogP contribution in [0.15, 0.2) is 30.3 Å². The number of nitrogens with one attached hydrogen (secondary N) is 2. The van der Waals surface area contributed by atoms with Crippen molar-refractivity contribution in [2.24, 2.45) is 5.92 Å². The largest absolute Gasteiger partial charge is 0.493 e. The topological polar surface area (TPSA) is 42.5 Å². The Kier molecular flexibility index (Phi) is 8.12. The fraction of sp³-hybridized carbons (Fsp3) is 0.429. The van der Waals surface area contributed by atoms with Crippen molar-refractivity contribution in [3.05, 3.63) is 56.5 Å². The summed E-state index contributed by atoms with van der Waals surface area (Å²) < 4.78 is 11.4. The first-order valence-electron chi connectivity index (χ1n) is 9.41. The van der Waals surface area contributed by atoms with Gasteiger partial charge in [-0.25, -0.2) is 0 Å². The molecule has 0 spiro atoms. The second-order valence-electron chi connectivity index (χ2n) is 6.96. The minimum absolute atomic E-state index is 0.277. The molecule has 1 heterocycles. The third-order valence-electron chi connectivity index (χ3n) is 4.90. The molecule has 4 nitrogen and oxygen atoms in total. The molecule has 0 amide bonds. The molecule has 0 saturated carbocycles. The maximum atomic E-state index is 6.48. The molecule has 0 radical (unpaired) electrons. The van der Waals surface area contributed by atoms with E-state index >= 15 is 0 Å². The molecule has 0 aromatic heterocycles. The van der Waals surface area contributed by atoms with Crippen LogP contribution in [-0.2, 0) is 13.2 Å². The molecule has 0 atom stereocenters. The van der Waals surface area contributed by atoms with E-state index in [9.17, 15) is 0 Å². The number of piperidine rings is 1. The Balaban J connectivity index is 1.62. The molecule has 2 aromatic rings. The fourth-order valence-electron chi connectivity index (χ4n) is 3.31. The minimum atomic E-state index is 0.277. The van der Waals surface area contributed by atoms with E-state index in [0.29, 0.717) is 26.6 Å². The highest BCUT2D eigenvalue weighted by Crippen LogP contribution is 2.37. The van der Waals surface area contributed by atoms with Crippen molar-refractivity contribution >= 4 is 34.8 Å². The van der Waals surface area contributed by atoms with Gasteiger partial charge in [0.2, 0.25) is 0 Å². The number of rotatable bonds is 8. The standard InChI is InChI=1S/C21H25Cl3N2O2/c1-27-20-9-15(12-26-11-14-4-6-25-7-5-14)8-19(24)21(20)28-13-16-2-3-17(22)10-18(16)23/h2-3,8-10,14,25-26H,4-7,11-13H2,1H3. The fourth-order valence-corrected chi connectivity index (χ4v) is 4.06. The van der Waals surface area contributed by atoms with Gasteiger partial charge in [-0.3, -0.25) is 0 Å². The van der Waals surface area contributed by atoms with Crippen LogP contribution >= 0.6 is 34.8 Å². The van der Waals surface area contributed by atoms with Gasteiger partial charge in [-0.15, -0.1) is 0 Å². The second-order valence-corrected chi connectivity index (χ2v) is 8.21.